The Morgan fingerprint density at radius 1 is 1.32 bits per heavy atom. The summed E-state index contributed by atoms with van der Waals surface area (Å²) in [7, 11) is 7.38. The van der Waals surface area contributed by atoms with Gasteiger partial charge in [0.15, 0.2) is 0 Å². The van der Waals surface area contributed by atoms with E-state index < -0.39 is 5.91 Å². The number of amidine groups is 1. The lowest BCUT2D eigenvalue weighted by Gasteiger charge is -2.16. The molecule has 3 rings (SSSR count). The SMILES string of the molecule is [B]C/C(C(=O)N=C(C)N)=C1/CC=C(NC[C@@H](C)c2cccc3c(C(=O)NC)ccnc23)N=CN1. The third kappa shape index (κ3) is 5.69. The number of amides is 2. The van der Waals surface area contributed by atoms with E-state index in [0.717, 1.165) is 16.5 Å². The van der Waals surface area contributed by atoms with Crippen LogP contribution in [-0.4, -0.2) is 50.4 Å². The molecule has 0 saturated carbocycles. The Morgan fingerprint density at radius 3 is 2.82 bits per heavy atom. The van der Waals surface area contributed by atoms with Crippen molar-refractivity contribution >= 4 is 42.7 Å². The van der Waals surface area contributed by atoms with Gasteiger partial charge in [0.2, 0.25) is 0 Å². The second-order valence-corrected chi connectivity index (χ2v) is 7.88. The van der Waals surface area contributed by atoms with Crippen LogP contribution in [-0.2, 0) is 4.79 Å². The summed E-state index contributed by atoms with van der Waals surface area (Å²) in [5.74, 6) is 0.317. The third-order valence-corrected chi connectivity index (χ3v) is 5.44. The number of carbonyl (C=O) groups is 2. The molecule has 0 unspecified atom stereocenters. The van der Waals surface area contributed by atoms with Crippen LogP contribution in [0, 0.1) is 0 Å². The maximum Gasteiger partial charge on any atom is 0.275 e. The number of nitrogens with zero attached hydrogens (tertiary/aromatic N) is 3. The van der Waals surface area contributed by atoms with Crippen molar-refractivity contribution in [2.24, 2.45) is 15.7 Å². The minimum atomic E-state index is -0.462. The van der Waals surface area contributed by atoms with Gasteiger partial charge in [-0.3, -0.25) is 14.6 Å². The van der Waals surface area contributed by atoms with Crippen molar-refractivity contribution in [1.82, 2.24) is 20.9 Å². The van der Waals surface area contributed by atoms with E-state index in [4.69, 9.17) is 13.6 Å². The molecule has 2 aromatic rings. The molecule has 5 N–H and O–H groups in total. The van der Waals surface area contributed by atoms with Gasteiger partial charge in [-0.05, 0) is 24.6 Å². The van der Waals surface area contributed by atoms with Crippen LogP contribution in [0.2, 0.25) is 6.32 Å². The second kappa shape index (κ2) is 11.3. The monoisotopic (exact) mass is 457 g/mol. The minimum Gasteiger partial charge on any atom is -0.387 e. The Hall–Kier alpha value is -3.95. The molecule has 1 aromatic heterocycles. The fourth-order valence-electron chi connectivity index (χ4n) is 3.68. The van der Waals surface area contributed by atoms with E-state index >= 15 is 0 Å². The van der Waals surface area contributed by atoms with Crippen LogP contribution in [0.5, 0.6) is 0 Å². The van der Waals surface area contributed by atoms with Gasteiger partial charge >= 0.3 is 0 Å². The number of aliphatic imine (C=N–C) groups is 2. The van der Waals surface area contributed by atoms with E-state index in [9.17, 15) is 9.59 Å². The number of hydrogen-bond acceptors (Lipinski definition) is 6. The zero-order valence-electron chi connectivity index (χ0n) is 19.6. The fraction of sp³-hybridized carbons (Fsp3) is 0.292. The maximum absolute atomic E-state index is 12.3. The van der Waals surface area contributed by atoms with Crippen molar-refractivity contribution in [3.63, 3.8) is 0 Å². The Kier molecular flexibility index (Phi) is 8.18. The Bertz CT molecular complexity index is 1210. The van der Waals surface area contributed by atoms with Crippen molar-refractivity contribution in [3.05, 3.63) is 64.8 Å². The summed E-state index contributed by atoms with van der Waals surface area (Å²) in [5.41, 5.74) is 8.93. The maximum atomic E-state index is 12.3. The number of pyridine rings is 1. The molecule has 0 saturated heterocycles. The first kappa shape index (κ1) is 24.7. The van der Waals surface area contributed by atoms with Crippen LogP contribution in [0.25, 0.3) is 10.9 Å². The van der Waals surface area contributed by atoms with Gasteiger partial charge in [0.25, 0.3) is 11.8 Å². The lowest BCUT2D eigenvalue weighted by atomic mass is 9.93. The number of aromatic nitrogens is 1. The standard InChI is InChI=1S/C24H28BN7O2/c1-14(16-5-4-6-17-18(23(33)27-3)9-10-28-22(16)17)12-29-21-8-7-20(30-13-31-21)19(11-25)24(34)32-15(2)26/h4-6,8-10,13-14,29H,7,11-12H2,1-3H3,(H,27,33)(H,30,31)(H2,26,32,34)/b20-19+/t14-/m1/s1. The summed E-state index contributed by atoms with van der Waals surface area (Å²) < 4.78 is 0. The molecule has 34 heavy (non-hydrogen) atoms. The molecule has 1 aliphatic heterocycles. The summed E-state index contributed by atoms with van der Waals surface area (Å²) in [6, 6.07) is 7.57. The van der Waals surface area contributed by atoms with Crippen molar-refractivity contribution in [1.29, 1.82) is 0 Å². The molecule has 2 radical (unpaired) electrons. The summed E-state index contributed by atoms with van der Waals surface area (Å²) >= 11 is 0. The second-order valence-electron chi connectivity index (χ2n) is 7.88. The average Bonchev–Trinajstić information content (AvgIpc) is 3.07. The van der Waals surface area contributed by atoms with Crippen LogP contribution in [0.1, 0.15) is 42.1 Å². The number of carbonyl (C=O) groups excluding carboxylic acids is 2. The highest BCUT2D eigenvalue weighted by Crippen LogP contribution is 2.26. The normalized spacial score (nSPS) is 16.2. The van der Waals surface area contributed by atoms with E-state index in [2.05, 4.69) is 37.8 Å². The summed E-state index contributed by atoms with van der Waals surface area (Å²) in [4.78, 5) is 37.2. The molecular formula is C24H28BN7O2. The smallest absolute Gasteiger partial charge is 0.275 e. The number of fused-ring (bicyclic) bond motifs is 1. The first-order chi connectivity index (χ1) is 16.3. The number of para-hydroxylation sites is 1. The van der Waals surface area contributed by atoms with Crippen LogP contribution in [0.4, 0.5) is 0 Å². The molecule has 0 bridgehead atoms. The van der Waals surface area contributed by atoms with Crippen molar-refractivity contribution in [3.8, 4) is 0 Å². The molecule has 1 aliphatic rings. The third-order valence-electron chi connectivity index (χ3n) is 5.44. The van der Waals surface area contributed by atoms with Gasteiger partial charge in [-0.2, -0.15) is 4.99 Å². The highest BCUT2D eigenvalue weighted by molar-refractivity contribution is 6.16. The molecule has 174 valence electrons. The van der Waals surface area contributed by atoms with Gasteiger partial charge in [0.1, 0.15) is 11.7 Å². The first-order valence-corrected chi connectivity index (χ1v) is 11.0. The van der Waals surface area contributed by atoms with Crippen LogP contribution in [0.3, 0.4) is 0 Å². The van der Waals surface area contributed by atoms with Gasteiger partial charge in [-0.25, -0.2) is 4.99 Å². The average molecular weight is 457 g/mol. The summed E-state index contributed by atoms with van der Waals surface area (Å²) in [6.07, 6.45) is 5.51. The lowest BCUT2D eigenvalue weighted by Crippen LogP contribution is -2.20. The Morgan fingerprint density at radius 2 is 2.12 bits per heavy atom. The number of nitrogens with two attached hydrogens (primary N) is 1. The molecule has 2 heterocycles. The van der Waals surface area contributed by atoms with E-state index in [0.29, 0.717) is 35.6 Å². The molecular weight excluding hydrogens is 429 g/mol. The van der Waals surface area contributed by atoms with Gasteiger partial charge in [-0.15, -0.1) is 0 Å². The minimum absolute atomic E-state index is 0.0333. The van der Waals surface area contributed by atoms with Gasteiger partial charge < -0.3 is 21.7 Å². The largest absolute Gasteiger partial charge is 0.387 e. The lowest BCUT2D eigenvalue weighted by molar-refractivity contribution is -0.114. The number of benzene rings is 1. The molecule has 9 nitrogen and oxygen atoms in total. The number of allylic oxidation sites excluding steroid dienone is 1. The first-order valence-electron chi connectivity index (χ1n) is 11.0. The number of nitrogens with one attached hydrogen (secondary N) is 3. The highest BCUT2D eigenvalue weighted by atomic mass is 16.2. The Labute approximate surface area is 200 Å². The van der Waals surface area contributed by atoms with E-state index in [1.165, 1.54) is 6.34 Å². The van der Waals surface area contributed by atoms with Gasteiger partial charge in [0.05, 0.1) is 25.3 Å². The van der Waals surface area contributed by atoms with Crippen LogP contribution in [0.15, 0.2) is 63.6 Å². The van der Waals surface area contributed by atoms with Crippen molar-refractivity contribution in [2.75, 3.05) is 13.6 Å². The molecule has 0 spiro atoms. The Balaban J connectivity index is 1.77. The number of hydrogen-bond donors (Lipinski definition) is 4. The predicted octanol–water partition coefficient (Wildman–Crippen LogP) is 1.90. The van der Waals surface area contributed by atoms with Gasteiger partial charge in [0, 0.05) is 48.8 Å². The zero-order chi connectivity index (χ0) is 24.7. The highest BCUT2D eigenvalue weighted by Gasteiger charge is 2.16. The summed E-state index contributed by atoms with van der Waals surface area (Å²) in [5, 5.41) is 9.85. The van der Waals surface area contributed by atoms with E-state index in [1.807, 2.05) is 24.3 Å². The van der Waals surface area contributed by atoms with E-state index in [-0.39, 0.29) is 24.0 Å². The quantitative estimate of drug-likeness (QED) is 0.217. The molecule has 1 aromatic carbocycles. The molecule has 10 heteroatoms. The number of rotatable bonds is 7. The molecule has 0 aliphatic carbocycles. The zero-order valence-corrected chi connectivity index (χ0v) is 19.6. The van der Waals surface area contributed by atoms with Crippen molar-refractivity contribution in [2.45, 2.75) is 32.5 Å². The predicted molar refractivity (Wildman–Crippen MR) is 136 cm³/mol. The fourth-order valence-corrected chi connectivity index (χ4v) is 3.68. The van der Waals surface area contributed by atoms with Gasteiger partial charge in [-0.1, -0.05) is 31.4 Å². The topological polar surface area (TPSA) is 134 Å². The molecule has 0 fully saturated rings. The van der Waals surface area contributed by atoms with Crippen LogP contribution >= 0.6 is 0 Å². The van der Waals surface area contributed by atoms with Crippen LogP contribution < -0.4 is 21.7 Å². The molecule has 2 amide bonds. The van der Waals surface area contributed by atoms with E-state index in [1.54, 1.807) is 26.2 Å². The molecule has 1 atom stereocenters. The van der Waals surface area contributed by atoms with Crippen molar-refractivity contribution < 1.29 is 9.59 Å². The summed E-state index contributed by atoms with van der Waals surface area (Å²) in [6.45, 7) is 4.22.